The average Bonchev–Trinajstić information content (AvgIpc) is 2.42. The molecule has 4 unspecified atom stereocenters. The van der Waals surface area contributed by atoms with E-state index in [0.29, 0.717) is 11.8 Å². The van der Waals surface area contributed by atoms with Crippen LogP contribution in [0.4, 0.5) is 0 Å². The van der Waals surface area contributed by atoms with Crippen LogP contribution in [-0.2, 0) is 0 Å². The number of fused-ring (bicyclic) bond motifs is 2. The Morgan fingerprint density at radius 3 is 2.50 bits per heavy atom. The SMILES string of the molecule is NCC1C2CCC1C(O)C2. The van der Waals surface area contributed by atoms with E-state index in [1.807, 2.05) is 0 Å². The molecule has 0 aliphatic heterocycles. The zero-order valence-corrected chi connectivity index (χ0v) is 6.16. The van der Waals surface area contributed by atoms with Gasteiger partial charge in [-0.15, -0.1) is 0 Å². The van der Waals surface area contributed by atoms with E-state index in [2.05, 4.69) is 0 Å². The first-order valence-corrected chi connectivity index (χ1v) is 4.21. The molecule has 0 amide bonds. The number of hydrogen-bond acceptors (Lipinski definition) is 2. The van der Waals surface area contributed by atoms with Crippen LogP contribution >= 0.6 is 0 Å². The van der Waals surface area contributed by atoms with Crippen LogP contribution in [0, 0.1) is 17.8 Å². The minimum absolute atomic E-state index is 0.0210. The Morgan fingerprint density at radius 1 is 1.40 bits per heavy atom. The first-order chi connectivity index (χ1) is 4.83. The maximum Gasteiger partial charge on any atom is 0.0574 e. The molecule has 3 N–H and O–H groups in total. The minimum Gasteiger partial charge on any atom is -0.393 e. The molecule has 2 heteroatoms. The second kappa shape index (κ2) is 2.21. The standard InChI is InChI=1S/C8H15NO/c9-4-7-5-1-2-6(7)8(10)3-5/h5-8,10H,1-4,9H2. The Balaban J connectivity index is 2.11. The Hall–Kier alpha value is -0.0800. The zero-order valence-electron chi connectivity index (χ0n) is 6.16. The van der Waals surface area contributed by atoms with Crippen molar-refractivity contribution in [2.45, 2.75) is 25.4 Å². The van der Waals surface area contributed by atoms with E-state index in [1.54, 1.807) is 0 Å². The van der Waals surface area contributed by atoms with Crippen molar-refractivity contribution < 1.29 is 5.11 Å². The highest BCUT2D eigenvalue weighted by Gasteiger charge is 2.46. The van der Waals surface area contributed by atoms with Gasteiger partial charge in [-0.3, -0.25) is 0 Å². The normalized spacial score (nSPS) is 52.2. The third-order valence-electron chi connectivity index (χ3n) is 3.34. The molecule has 2 bridgehead atoms. The molecule has 4 atom stereocenters. The quantitative estimate of drug-likeness (QED) is 0.553. The van der Waals surface area contributed by atoms with Crippen molar-refractivity contribution >= 4 is 0 Å². The summed E-state index contributed by atoms with van der Waals surface area (Å²) in [6, 6.07) is 0. The summed E-state index contributed by atoms with van der Waals surface area (Å²) in [5.74, 6) is 1.95. The predicted molar refractivity (Wildman–Crippen MR) is 39.4 cm³/mol. The average molecular weight is 141 g/mol. The van der Waals surface area contributed by atoms with Crippen LogP contribution in [0.25, 0.3) is 0 Å². The molecule has 0 spiro atoms. The molecule has 10 heavy (non-hydrogen) atoms. The molecule has 2 aliphatic rings. The van der Waals surface area contributed by atoms with Crippen LogP contribution in [0.2, 0.25) is 0 Å². The first kappa shape index (κ1) is 6.62. The van der Waals surface area contributed by atoms with Gasteiger partial charge in [-0.25, -0.2) is 0 Å². The second-order valence-corrected chi connectivity index (χ2v) is 3.70. The lowest BCUT2D eigenvalue weighted by atomic mass is 9.97. The van der Waals surface area contributed by atoms with Crippen molar-refractivity contribution in [1.82, 2.24) is 0 Å². The van der Waals surface area contributed by atoms with Gasteiger partial charge < -0.3 is 10.8 Å². The Morgan fingerprint density at radius 2 is 2.20 bits per heavy atom. The van der Waals surface area contributed by atoms with Gasteiger partial charge in [0.1, 0.15) is 0 Å². The van der Waals surface area contributed by atoms with Crippen LogP contribution in [0.5, 0.6) is 0 Å². The van der Waals surface area contributed by atoms with E-state index >= 15 is 0 Å². The lowest BCUT2D eigenvalue weighted by Crippen LogP contribution is -2.22. The van der Waals surface area contributed by atoms with Crippen molar-refractivity contribution in [1.29, 1.82) is 0 Å². The molecule has 2 rings (SSSR count). The van der Waals surface area contributed by atoms with Crippen LogP contribution in [0.3, 0.4) is 0 Å². The molecule has 2 saturated carbocycles. The summed E-state index contributed by atoms with van der Waals surface area (Å²) in [4.78, 5) is 0. The lowest BCUT2D eigenvalue weighted by Gasteiger charge is -2.15. The molecule has 58 valence electrons. The van der Waals surface area contributed by atoms with E-state index < -0.39 is 0 Å². The number of hydrogen-bond donors (Lipinski definition) is 2. The highest BCUT2D eigenvalue weighted by Crippen LogP contribution is 2.48. The maximum atomic E-state index is 9.47. The summed E-state index contributed by atoms with van der Waals surface area (Å²) in [7, 11) is 0. The number of nitrogens with two attached hydrogens (primary N) is 1. The zero-order chi connectivity index (χ0) is 7.14. The summed E-state index contributed by atoms with van der Waals surface area (Å²) in [6.07, 6.45) is 3.52. The fraction of sp³-hybridized carbons (Fsp3) is 1.00. The van der Waals surface area contributed by atoms with Gasteiger partial charge in [-0.2, -0.15) is 0 Å². The molecule has 2 fully saturated rings. The van der Waals surface area contributed by atoms with E-state index in [9.17, 15) is 5.11 Å². The van der Waals surface area contributed by atoms with Crippen molar-refractivity contribution in [3.63, 3.8) is 0 Å². The predicted octanol–water partition coefficient (Wildman–Crippen LogP) is 0.352. The molecular formula is C8H15NO. The molecule has 2 aliphatic carbocycles. The Labute approximate surface area is 61.4 Å². The lowest BCUT2D eigenvalue weighted by molar-refractivity contribution is 0.108. The summed E-state index contributed by atoms with van der Waals surface area (Å²) in [5.41, 5.74) is 5.61. The summed E-state index contributed by atoms with van der Waals surface area (Å²) < 4.78 is 0. The smallest absolute Gasteiger partial charge is 0.0574 e. The molecule has 0 aromatic rings. The monoisotopic (exact) mass is 141 g/mol. The van der Waals surface area contributed by atoms with Crippen LogP contribution in [-0.4, -0.2) is 17.8 Å². The van der Waals surface area contributed by atoms with E-state index in [4.69, 9.17) is 5.73 Å². The van der Waals surface area contributed by atoms with E-state index in [-0.39, 0.29) is 6.10 Å². The molecule has 0 aromatic carbocycles. The van der Waals surface area contributed by atoms with Gasteiger partial charge in [0.05, 0.1) is 6.10 Å². The van der Waals surface area contributed by atoms with Gasteiger partial charge in [0, 0.05) is 0 Å². The Bertz CT molecular complexity index is 137. The fourth-order valence-corrected chi connectivity index (χ4v) is 2.81. The van der Waals surface area contributed by atoms with E-state index in [1.165, 1.54) is 12.8 Å². The number of aliphatic hydroxyl groups excluding tert-OH is 1. The molecule has 0 heterocycles. The van der Waals surface area contributed by atoms with Gasteiger partial charge in [0.2, 0.25) is 0 Å². The van der Waals surface area contributed by atoms with Crippen molar-refractivity contribution in [3.05, 3.63) is 0 Å². The third kappa shape index (κ3) is 0.722. The van der Waals surface area contributed by atoms with Gasteiger partial charge in [-0.1, -0.05) is 0 Å². The highest BCUT2D eigenvalue weighted by atomic mass is 16.3. The van der Waals surface area contributed by atoms with Gasteiger partial charge in [0.25, 0.3) is 0 Å². The van der Waals surface area contributed by atoms with Gasteiger partial charge in [-0.05, 0) is 43.6 Å². The second-order valence-electron chi connectivity index (χ2n) is 3.70. The van der Waals surface area contributed by atoms with Crippen molar-refractivity contribution in [3.8, 4) is 0 Å². The largest absolute Gasteiger partial charge is 0.393 e. The number of aliphatic hydroxyl groups is 1. The minimum atomic E-state index is -0.0210. The van der Waals surface area contributed by atoms with Crippen molar-refractivity contribution in [2.75, 3.05) is 6.54 Å². The molecule has 0 saturated heterocycles. The fourth-order valence-electron chi connectivity index (χ4n) is 2.81. The topological polar surface area (TPSA) is 46.2 Å². The molecule has 2 nitrogen and oxygen atoms in total. The molecule has 0 aromatic heterocycles. The van der Waals surface area contributed by atoms with Gasteiger partial charge >= 0.3 is 0 Å². The highest BCUT2D eigenvalue weighted by molar-refractivity contribution is 4.97. The summed E-state index contributed by atoms with van der Waals surface area (Å²) >= 11 is 0. The van der Waals surface area contributed by atoms with Crippen molar-refractivity contribution in [2.24, 2.45) is 23.5 Å². The van der Waals surface area contributed by atoms with Crippen LogP contribution < -0.4 is 5.73 Å². The third-order valence-corrected chi connectivity index (χ3v) is 3.34. The molecule has 0 radical (unpaired) electrons. The molecular weight excluding hydrogens is 126 g/mol. The maximum absolute atomic E-state index is 9.47. The van der Waals surface area contributed by atoms with Crippen LogP contribution in [0.15, 0.2) is 0 Å². The van der Waals surface area contributed by atoms with Gasteiger partial charge in [0.15, 0.2) is 0 Å². The summed E-state index contributed by atoms with van der Waals surface area (Å²) in [5, 5.41) is 9.47. The van der Waals surface area contributed by atoms with Crippen LogP contribution in [0.1, 0.15) is 19.3 Å². The first-order valence-electron chi connectivity index (χ1n) is 4.21. The number of rotatable bonds is 1. The Kier molecular flexibility index (Phi) is 1.46. The van der Waals surface area contributed by atoms with E-state index in [0.717, 1.165) is 18.9 Å². The summed E-state index contributed by atoms with van der Waals surface area (Å²) in [6.45, 7) is 0.784.